The fraction of sp³-hybridized carbons (Fsp3) is 0.462. The second-order valence-electron chi connectivity index (χ2n) is 9.93. The Morgan fingerprint density at radius 3 is 2.15 bits per heavy atom. The number of carbonyl (C=O) groups excluding carboxylic acids is 1. The molecule has 3 rings (SSSR count). The van der Waals surface area contributed by atoms with E-state index in [2.05, 4.69) is 74.6 Å². The number of amides is 2. The molecule has 1 saturated heterocycles. The zero-order chi connectivity index (χ0) is 24.8. The van der Waals surface area contributed by atoms with E-state index in [1.54, 1.807) is 0 Å². The Bertz CT molecular complexity index is 910. The molecule has 1 aliphatic rings. The van der Waals surface area contributed by atoms with Gasteiger partial charge in [0.05, 0.1) is 0 Å². The number of carboxylic acid groups (broad SMARTS) is 1. The van der Waals surface area contributed by atoms with Gasteiger partial charge in [-0.15, -0.1) is 0 Å². The zero-order valence-corrected chi connectivity index (χ0v) is 21.4. The molecule has 8 heteroatoms. The second-order valence-corrected chi connectivity index (χ2v) is 14.2. The third-order valence-electron chi connectivity index (χ3n) is 6.55. The summed E-state index contributed by atoms with van der Waals surface area (Å²) in [4.78, 5) is 25.4. The van der Waals surface area contributed by atoms with Crippen molar-refractivity contribution in [3.63, 3.8) is 0 Å². The van der Waals surface area contributed by atoms with Crippen molar-refractivity contribution in [1.82, 2.24) is 10.2 Å². The average Bonchev–Trinajstić information content (AvgIpc) is 2.81. The maximum Gasteiger partial charge on any atom is 0.407 e. The van der Waals surface area contributed by atoms with Gasteiger partial charge in [0.1, 0.15) is 6.04 Å². The van der Waals surface area contributed by atoms with Crippen LogP contribution in [0.4, 0.5) is 4.79 Å². The molecule has 0 saturated carbocycles. The first kappa shape index (κ1) is 25.9. The van der Waals surface area contributed by atoms with Crippen molar-refractivity contribution in [3.8, 4) is 0 Å². The molecular formula is C26H37N3O4Si. The maximum absolute atomic E-state index is 12.7. The van der Waals surface area contributed by atoms with Gasteiger partial charge in [-0.25, -0.2) is 4.79 Å². The lowest BCUT2D eigenvalue weighted by atomic mass is 9.97. The van der Waals surface area contributed by atoms with E-state index in [1.807, 2.05) is 12.1 Å². The number of benzene rings is 2. The standard InChI is InChI=1S/C26H37N3O4Si/c1-26(2,3)34(21-11-6-4-7-12-21,22-13-8-5-9-14-22)33-18-10-16-28-24(30)23-19-20(27)15-17-29(23)25(31)32/h4-9,11-14,20,23H,10,15-19,27H2,1-3H3,(H,28,30)(H,31,32)/t20?,23-/m0/s1. The van der Waals surface area contributed by atoms with Crippen molar-refractivity contribution in [3.05, 3.63) is 60.7 Å². The molecule has 1 aliphatic heterocycles. The van der Waals surface area contributed by atoms with Gasteiger partial charge in [0.25, 0.3) is 8.32 Å². The SMILES string of the molecule is CC(C)(C)[Si](OCCCNC(=O)[C@@H]1CC(N)CCN1C(=O)O)(c1ccccc1)c1ccccc1. The summed E-state index contributed by atoms with van der Waals surface area (Å²) in [7, 11) is -2.61. The van der Waals surface area contributed by atoms with Crippen molar-refractivity contribution >= 4 is 30.7 Å². The van der Waals surface area contributed by atoms with Crippen molar-refractivity contribution < 1.29 is 19.1 Å². The number of hydrogen-bond acceptors (Lipinski definition) is 4. The first-order chi connectivity index (χ1) is 16.2. The Morgan fingerprint density at radius 1 is 1.09 bits per heavy atom. The minimum absolute atomic E-state index is 0.112. The van der Waals surface area contributed by atoms with Gasteiger partial charge in [-0.1, -0.05) is 81.4 Å². The summed E-state index contributed by atoms with van der Waals surface area (Å²) in [6.07, 6.45) is 0.461. The van der Waals surface area contributed by atoms with Gasteiger partial charge in [-0.05, 0) is 34.7 Å². The van der Waals surface area contributed by atoms with Gasteiger partial charge in [-0.3, -0.25) is 9.69 Å². The molecule has 2 amide bonds. The molecule has 0 radical (unpaired) electrons. The quantitative estimate of drug-likeness (QED) is 0.395. The number of rotatable bonds is 8. The van der Waals surface area contributed by atoms with Crippen LogP contribution < -0.4 is 21.4 Å². The van der Waals surface area contributed by atoms with Gasteiger partial charge in [0.2, 0.25) is 5.91 Å². The largest absolute Gasteiger partial charge is 0.465 e. The molecule has 0 aromatic heterocycles. The van der Waals surface area contributed by atoms with Crippen molar-refractivity contribution in [2.75, 3.05) is 19.7 Å². The molecular weight excluding hydrogens is 446 g/mol. The number of piperidine rings is 1. The topological polar surface area (TPSA) is 105 Å². The van der Waals surface area contributed by atoms with Crippen LogP contribution >= 0.6 is 0 Å². The highest BCUT2D eigenvalue weighted by Crippen LogP contribution is 2.36. The fourth-order valence-corrected chi connectivity index (χ4v) is 9.46. The smallest absolute Gasteiger partial charge is 0.407 e. The molecule has 2 aromatic rings. The van der Waals surface area contributed by atoms with Crippen LogP contribution in [0.2, 0.25) is 5.04 Å². The van der Waals surface area contributed by atoms with E-state index in [9.17, 15) is 14.7 Å². The number of nitrogens with zero attached hydrogens (tertiary/aromatic N) is 1. The van der Waals surface area contributed by atoms with Crippen LogP contribution in [0.25, 0.3) is 0 Å². The zero-order valence-electron chi connectivity index (χ0n) is 20.4. The summed E-state index contributed by atoms with van der Waals surface area (Å²) in [6.45, 7) is 7.87. The van der Waals surface area contributed by atoms with E-state index < -0.39 is 20.5 Å². The lowest BCUT2D eigenvalue weighted by Crippen LogP contribution is -2.66. The summed E-state index contributed by atoms with van der Waals surface area (Å²) >= 11 is 0. The normalized spacial score (nSPS) is 19.0. The number of carbonyl (C=O) groups is 2. The highest BCUT2D eigenvalue weighted by atomic mass is 28.4. The molecule has 7 nitrogen and oxygen atoms in total. The average molecular weight is 484 g/mol. The first-order valence-electron chi connectivity index (χ1n) is 11.9. The Labute approximate surface area is 203 Å². The molecule has 1 unspecified atom stereocenters. The molecule has 2 atom stereocenters. The highest BCUT2D eigenvalue weighted by molar-refractivity contribution is 6.99. The number of nitrogens with two attached hydrogens (primary N) is 1. The van der Waals surface area contributed by atoms with Crippen LogP contribution in [0, 0.1) is 0 Å². The van der Waals surface area contributed by atoms with Crippen molar-refractivity contribution in [1.29, 1.82) is 0 Å². The molecule has 0 bridgehead atoms. The fourth-order valence-electron chi connectivity index (χ4n) is 4.86. The van der Waals surface area contributed by atoms with E-state index in [-0.39, 0.29) is 23.5 Å². The van der Waals surface area contributed by atoms with E-state index >= 15 is 0 Å². The second kappa shape index (κ2) is 11.2. The van der Waals surface area contributed by atoms with Gasteiger partial charge in [0, 0.05) is 25.7 Å². The Balaban J connectivity index is 1.69. The summed E-state index contributed by atoms with van der Waals surface area (Å²) in [5, 5.41) is 14.6. The van der Waals surface area contributed by atoms with Crippen molar-refractivity contribution in [2.24, 2.45) is 5.73 Å². The number of hydrogen-bond donors (Lipinski definition) is 3. The van der Waals surface area contributed by atoms with Gasteiger partial charge >= 0.3 is 6.09 Å². The molecule has 4 N–H and O–H groups in total. The number of nitrogens with one attached hydrogen (secondary N) is 1. The van der Waals surface area contributed by atoms with E-state index in [0.717, 1.165) is 0 Å². The van der Waals surface area contributed by atoms with Gasteiger partial charge in [-0.2, -0.15) is 0 Å². The van der Waals surface area contributed by atoms with Gasteiger partial charge in [0.15, 0.2) is 0 Å². The Morgan fingerprint density at radius 2 is 1.65 bits per heavy atom. The van der Waals surface area contributed by atoms with Crippen LogP contribution in [0.1, 0.15) is 40.0 Å². The van der Waals surface area contributed by atoms with Crippen LogP contribution in [0.5, 0.6) is 0 Å². The molecule has 1 heterocycles. The van der Waals surface area contributed by atoms with Crippen LogP contribution in [-0.2, 0) is 9.22 Å². The molecule has 184 valence electrons. The summed E-state index contributed by atoms with van der Waals surface area (Å²) < 4.78 is 6.83. The van der Waals surface area contributed by atoms with Crippen LogP contribution in [0.3, 0.4) is 0 Å². The van der Waals surface area contributed by atoms with Crippen molar-refractivity contribution in [2.45, 2.75) is 57.2 Å². The summed E-state index contributed by atoms with van der Waals surface area (Å²) in [5.41, 5.74) is 5.99. The Kier molecular flexibility index (Phi) is 8.51. The highest BCUT2D eigenvalue weighted by Gasteiger charge is 2.50. The minimum Gasteiger partial charge on any atom is -0.465 e. The third-order valence-corrected chi connectivity index (χ3v) is 11.6. The Hall–Kier alpha value is -2.68. The monoisotopic (exact) mass is 483 g/mol. The lowest BCUT2D eigenvalue weighted by Gasteiger charge is -2.43. The van der Waals surface area contributed by atoms with E-state index in [1.165, 1.54) is 15.3 Å². The predicted octanol–water partition coefficient (Wildman–Crippen LogP) is 2.54. The van der Waals surface area contributed by atoms with E-state index in [0.29, 0.717) is 32.4 Å². The molecule has 2 aromatic carbocycles. The first-order valence-corrected chi connectivity index (χ1v) is 13.9. The summed E-state index contributed by atoms with van der Waals surface area (Å²) in [5.74, 6) is -0.289. The molecule has 0 aliphatic carbocycles. The summed E-state index contributed by atoms with van der Waals surface area (Å²) in [6, 6.07) is 20.0. The lowest BCUT2D eigenvalue weighted by molar-refractivity contribution is -0.127. The van der Waals surface area contributed by atoms with Gasteiger partial charge < -0.3 is 20.6 Å². The molecule has 34 heavy (non-hydrogen) atoms. The van der Waals surface area contributed by atoms with Crippen LogP contribution in [0.15, 0.2) is 60.7 Å². The van der Waals surface area contributed by atoms with E-state index in [4.69, 9.17) is 10.2 Å². The minimum atomic E-state index is -2.61. The molecule has 1 fully saturated rings. The van der Waals surface area contributed by atoms with Crippen LogP contribution in [-0.4, -0.2) is 62.1 Å². The predicted molar refractivity (Wildman–Crippen MR) is 137 cm³/mol. The third kappa shape index (κ3) is 5.68. The molecule has 0 spiro atoms. The number of likely N-dealkylation sites (tertiary alicyclic amines) is 1. The maximum atomic E-state index is 12.7.